The third-order valence-electron chi connectivity index (χ3n) is 2.60. The summed E-state index contributed by atoms with van der Waals surface area (Å²) in [5.41, 5.74) is 2.69. The van der Waals surface area contributed by atoms with Crippen LogP contribution in [0.2, 0.25) is 0 Å². The van der Waals surface area contributed by atoms with Gasteiger partial charge in [-0.15, -0.1) is 0 Å². The molecule has 0 saturated carbocycles. The summed E-state index contributed by atoms with van der Waals surface area (Å²) in [6.07, 6.45) is 2.76. The molecule has 1 rings (SSSR count). The van der Waals surface area contributed by atoms with Crippen LogP contribution in [0.3, 0.4) is 0 Å². The van der Waals surface area contributed by atoms with Crippen LogP contribution in [0.5, 0.6) is 0 Å². The highest BCUT2D eigenvalue weighted by Gasteiger charge is 2.25. The fourth-order valence-electron chi connectivity index (χ4n) is 1.60. The fraction of sp³-hybridized carbons (Fsp3) is 0.545. The number of anilines is 1. The number of hydrogen-bond donors (Lipinski definition) is 2. The van der Waals surface area contributed by atoms with Gasteiger partial charge in [0.25, 0.3) is 0 Å². The maximum absolute atomic E-state index is 12.5. The second-order valence-electron chi connectivity index (χ2n) is 3.71. The predicted octanol–water partition coefficient (Wildman–Crippen LogP) is 0.414. The van der Waals surface area contributed by atoms with Crippen LogP contribution >= 0.6 is 0 Å². The number of likely N-dealkylation sites (N-methyl/N-ethyl adjacent to an activating group) is 1. The van der Waals surface area contributed by atoms with Crippen molar-refractivity contribution < 1.29 is 13.2 Å². The number of aromatic nitrogens is 1. The molecule has 0 aliphatic rings. The standard InChI is InChI=1S/C11H20N4O3S/c1-3-15(7-8-18-4-2)19(16,17)11-9-13-6-5-10(11)14-12/h5-6,9H,3-4,7-8,12H2,1-2H3,(H,13,14). The summed E-state index contributed by atoms with van der Waals surface area (Å²) in [6.45, 7) is 5.20. The van der Waals surface area contributed by atoms with Crippen molar-refractivity contribution in [3.05, 3.63) is 18.5 Å². The maximum atomic E-state index is 12.5. The molecule has 0 aliphatic heterocycles. The lowest BCUT2D eigenvalue weighted by Crippen LogP contribution is -2.34. The number of ether oxygens (including phenoxy) is 1. The van der Waals surface area contributed by atoms with E-state index in [1.165, 1.54) is 22.8 Å². The van der Waals surface area contributed by atoms with E-state index in [9.17, 15) is 8.42 Å². The molecular weight excluding hydrogens is 268 g/mol. The highest BCUT2D eigenvalue weighted by molar-refractivity contribution is 7.89. The van der Waals surface area contributed by atoms with Gasteiger partial charge < -0.3 is 10.2 Å². The Morgan fingerprint density at radius 1 is 1.47 bits per heavy atom. The van der Waals surface area contributed by atoms with Crippen molar-refractivity contribution in [1.82, 2.24) is 9.29 Å². The van der Waals surface area contributed by atoms with Crippen LogP contribution in [0.1, 0.15) is 13.8 Å². The molecule has 0 aromatic carbocycles. The highest BCUT2D eigenvalue weighted by Crippen LogP contribution is 2.22. The van der Waals surface area contributed by atoms with Gasteiger partial charge in [-0.25, -0.2) is 8.42 Å². The average Bonchev–Trinajstić information content (AvgIpc) is 2.43. The van der Waals surface area contributed by atoms with E-state index < -0.39 is 10.0 Å². The predicted molar refractivity (Wildman–Crippen MR) is 73.0 cm³/mol. The van der Waals surface area contributed by atoms with Crippen molar-refractivity contribution in [3.8, 4) is 0 Å². The molecule has 0 fully saturated rings. The first kappa shape index (κ1) is 15.8. The lowest BCUT2D eigenvalue weighted by Gasteiger charge is -2.21. The molecule has 0 spiro atoms. The minimum Gasteiger partial charge on any atom is -0.380 e. The number of hydrazine groups is 1. The third-order valence-corrected chi connectivity index (χ3v) is 4.60. The maximum Gasteiger partial charge on any atom is 0.246 e. The molecule has 0 bridgehead atoms. The smallest absolute Gasteiger partial charge is 0.246 e. The Balaban J connectivity index is 2.99. The van der Waals surface area contributed by atoms with Crippen LogP contribution < -0.4 is 11.3 Å². The first-order chi connectivity index (χ1) is 9.07. The van der Waals surface area contributed by atoms with E-state index in [0.29, 0.717) is 32.0 Å². The molecule has 0 aliphatic carbocycles. The first-order valence-corrected chi connectivity index (χ1v) is 7.50. The largest absolute Gasteiger partial charge is 0.380 e. The van der Waals surface area contributed by atoms with Crippen molar-refractivity contribution in [2.75, 3.05) is 31.7 Å². The number of nitrogens with two attached hydrogens (primary N) is 1. The van der Waals surface area contributed by atoms with Crippen molar-refractivity contribution in [2.24, 2.45) is 5.84 Å². The van der Waals surface area contributed by atoms with Crippen LogP contribution in [0.15, 0.2) is 23.4 Å². The summed E-state index contributed by atoms with van der Waals surface area (Å²) >= 11 is 0. The molecule has 0 saturated heterocycles. The van der Waals surface area contributed by atoms with Crippen molar-refractivity contribution in [2.45, 2.75) is 18.7 Å². The second-order valence-corrected chi connectivity index (χ2v) is 5.62. The second kappa shape index (κ2) is 7.39. The number of nitrogen functional groups attached to an aromatic ring is 1. The Bertz CT molecular complexity index is 492. The quantitative estimate of drug-likeness (QED) is 0.408. The fourth-order valence-corrected chi connectivity index (χ4v) is 3.13. The van der Waals surface area contributed by atoms with E-state index in [1.807, 2.05) is 6.92 Å². The van der Waals surface area contributed by atoms with E-state index in [1.54, 1.807) is 6.92 Å². The number of pyridine rings is 1. The summed E-state index contributed by atoms with van der Waals surface area (Å²) in [4.78, 5) is 3.91. The molecule has 0 unspecified atom stereocenters. The molecule has 108 valence electrons. The van der Waals surface area contributed by atoms with Crippen molar-refractivity contribution in [1.29, 1.82) is 0 Å². The lowest BCUT2D eigenvalue weighted by atomic mass is 10.4. The van der Waals surface area contributed by atoms with Gasteiger partial charge in [0.2, 0.25) is 10.0 Å². The summed E-state index contributed by atoms with van der Waals surface area (Å²) in [5.74, 6) is 5.33. The van der Waals surface area contributed by atoms with Crippen LogP contribution in [0.25, 0.3) is 0 Å². The summed E-state index contributed by atoms with van der Waals surface area (Å²) in [7, 11) is -3.63. The number of rotatable bonds is 8. The molecule has 0 atom stereocenters. The molecule has 1 aromatic heterocycles. The third kappa shape index (κ3) is 3.87. The monoisotopic (exact) mass is 288 g/mol. The van der Waals surface area contributed by atoms with Crippen molar-refractivity contribution in [3.63, 3.8) is 0 Å². The molecule has 8 heteroatoms. The summed E-state index contributed by atoms with van der Waals surface area (Å²) < 4.78 is 31.5. The molecule has 19 heavy (non-hydrogen) atoms. The lowest BCUT2D eigenvalue weighted by molar-refractivity contribution is 0.135. The van der Waals surface area contributed by atoms with Gasteiger partial charge in [0.05, 0.1) is 12.3 Å². The Morgan fingerprint density at radius 3 is 2.79 bits per heavy atom. The Hall–Kier alpha value is -1.22. The van der Waals surface area contributed by atoms with Gasteiger partial charge in [-0.2, -0.15) is 4.31 Å². The van der Waals surface area contributed by atoms with Gasteiger partial charge in [0, 0.05) is 32.1 Å². The zero-order valence-electron chi connectivity index (χ0n) is 11.2. The normalized spacial score (nSPS) is 11.8. The van der Waals surface area contributed by atoms with Crippen LogP contribution in [-0.4, -0.2) is 44.0 Å². The van der Waals surface area contributed by atoms with Crippen LogP contribution in [0.4, 0.5) is 5.69 Å². The topological polar surface area (TPSA) is 97.5 Å². The Labute approximate surface area is 113 Å². The van der Waals surface area contributed by atoms with Gasteiger partial charge >= 0.3 is 0 Å². The van der Waals surface area contributed by atoms with Crippen molar-refractivity contribution >= 4 is 15.7 Å². The molecule has 1 heterocycles. The van der Waals surface area contributed by atoms with E-state index in [0.717, 1.165) is 0 Å². The van der Waals surface area contributed by atoms with Gasteiger partial charge in [0.1, 0.15) is 4.90 Å². The number of nitrogens with one attached hydrogen (secondary N) is 1. The molecule has 3 N–H and O–H groups in total. The van der Waals surface area contributed by atoms with Gasteiger partial charge in [-0.3, -0.25) is 10.8 Å². The summed E-state index contributed by atoms with van der Waals surface area (Å²) in [6, 6.07) is 1.52. The average molecular weight is 288 g/mol. The first-order valence-electron chi connectivity index (χ1n) is 6.06. The van der Waals surface area contributed by atoms with Crippen LogP contribution in [0, 0.1) is 0 Å². The molecule has 0 radical (unpaired) electrons. The number of sulfonamides is 1. The summed E-state index contributed by atoms with van der Waals surface area (Å²) in [5, 5.41) is 0. The minimum atomic E-state index is -3.63. The van der Waals surface area contributed by atoms with E-state index in [2.05, 4.69) is 10.4 Å². The Morgan fingerprint density at radius 2 is 2.21 bits per heavy atom. The molecule has 7 nitrogen and oxygen atoms in total. The zero-order valence-corrected chi connectivity index (χ0v) is 12.0. The van der Waals surface area contributed by atoms with Crippen LogP contribution in [-0.2, 0) is 14.8 Å². The van der Waals surface area contributed by atoms with Gasteiger partial charge in [0.15, 0.2) is 0 Å². The van der Waals surface area contributed by atoms with Gasteiger partial charge in [-0.1, -0.05) is 6.92 Å². The highest BCUT2D eigenvalue weighted by atomic mass is 32.2. The number of nitrogens with zero attached hydrogens (tertiary/aromatic N) is 2. The Kier molecular flexibility index (Phi) is 6.16. The van der Waals surface area contributed by atoms with E-state index in [-0.39, 0.29) is 4.90 Å². The van der Waals surface area contributed by atoms with Gasteiger partial charge in [-0.05, 0) is 13.0 Å². The minimum absolute atomic E-state index is 0.0656. The van der Waals surface area contributed by atoms with E-state index in [4.69, 9.17) is 10.6 Å². The molecular formula is C11H20N4O3S. The molecule has 0 amide bonds. The zero-order chi connectivity index (χ0) is 14.3. The molecule has 1 aromatic rings. The SMILES string of the molecule is CCOCCN(CC)S(=O)(=O)c1cnccc1NN. The van der Waals surface area contributed by atoms with E-state index >= 15 is 0 Å². The number of hydrogen-bond acceptors (Lipinski definition) is 6.